The number of rotatable bonds is 4. The minimum absolute atomic E-state index is 0.239. The number of carbonyl (C=O) groups is 1. The molecule has 106 valence electrons. The molecule has 0 saturated heterocycles. The highest BCUT2D eigenvalue weighted by Crippen LogP contribution is 2.18. The van der Waals surface area contributed by atoms with E-state index in [0.717, 1.165) is 5.69 Å². The molecule has 0 atom stereocenters. The van der Waals surface area contributed by atoms with Crippen LogP contribution in [0.2, 0.25) is 0 Å². The predicted molar refractivity (Wildman–Crippen MR) is 73.2 cm³/mol. The Hall–Kier alpha value is -2.30. The fourth-order valence-electron chi connectivity index (χ4n) is 1.89. The molecule has 20 heavy (non-hydrogen) atoms. The molecule has 1 N–H and O–H groups in total. The minimum atomic E-state index is -0.421. The number of furan rings is 1. The molecule has 0 spiro atoms. The standard InChI is InChI=1S/C15H16FNO3/c1-9-6-11(4-5-14(9)16)17-8-12-7-13(10(2)20-12)15(18)19-3/h4-7,17H,8H2,1-3H3. The molecule has 0 aliphatic carbocycles. The van der Waals surface area contributed by atoms with Crippen molar-refractivity contribution in [2.45, 2.75) is 20.4 Å². The zero-order valence-electron chi connectivity index (χ0n) is 11.6. The van der Waals surface area contributed by atoms with Crippen LogP contribution in [0, 0.1) is 19.7 Å². The van der Waals surface area contributed by atoms with Gasteiger partial charge in [-0.15, -0.1) is 0 Å². The number of nitrogens with one attached hydrogen (secondary N) is 1. The van der Waals surface area contributed by atoms with Gasteiger partial charge in [0.1, 0.15) is 22.9 Å². The smallest absolute Gasteiger partial charge is 0.341 e. The maximum absolute atomic E-state index is 13.1. The maximum atomic E-state index is 13.1. The van der Waals surface area contributed by atoms with Gasteiger partial charge >= 0.3 is 5.97 Å². The van der Waals surface area contributed by atoms with E-state index in [-0.39, 0.29) is 5.82 Å². The van der Waals surface area contributed by atoms with Crippen molar-refractivity contribution in [2.24, 2.45) is 0 Å². The summed E-state index contributed by atoms with van der Waals surface area (Å²) in [5.74, 6) is 0.473. The van der Waals surface area contributed by atoms with Crippen LogP contribution in [0.3, 0.4) is 0 Å². The highest BCUT2D eigenvalue weighted by atomic mass is 19.1. The Morgan fingerprint density at radius 1 is 1.35 bits per heavy atom. The second kappa shape index (κ2) is 5.77. The van der Waals surface area contributed by atoms with Crippen LogP contribution < -0.4 is 5.32 Å². The van der Waals surface area contributed by atoms with Crippen molar-refractivity contribution in [3.8, 4) is 0 Å². The Kier molecular flexibility index (Phi) is 4.08. The Morgan fingerprint density at radius 2 is 2.10 bits per heavy atom. The zero-order chi connectivity index (χ0) is 14.7. The number of anilines is 1. The first-order chi connectivity index (χ1) is 9.51. The molecule has 0 aliphatic heterocycles. The number of carbonyl (C=O) groups excluding carboxylic acids is 1. The van der Waals surface area contributed by atoms with Crippen LogP contribution in [0.5, 0.6) is 0 Å². The lowest BCUT2D eigenvalue weighted by Crippen LogP contribution is -2.01. The van der Waals surface area contributed by atoms with Gasteiger partial charge in [-0.25, -0.2) is 9.18 Å². The van der Waals surface area contributed by atoms with E-state index in [0.29, 0.717) is 29.2 Å². The Morgan fingerprint density at radius 3 is 2.75 bits per heavy atom. The molecular weight excluding hydrogens is 261 g/mol. The average molecular weight is 277 g/mol. The molecule has 1 aromatic carbocycles. The third-order valence-electron chi connectivity index (χ3n) is 3.00. The van der Waals surface area contributed by atoms with Crippen LogP contribution in [0.4, 0.5) is 10.1 Å². The van der Waals surface area contributed by atoms with Gasteiger partial charge in [0, 0.05) is 5.69 Å². The van der Waals surface area contributed by atoms with Crippen LogP contribution in [0.25, 0.3) is 0 Å². The lowest BCUT2D eigenvalue weighted by molar-refractivity contribution is 0.0599. The van der Waals surface area contributed by atoms with Crippen molar-refractivity contribution < 1.29 is 18.3 Å². The van der Waals surface area contributed by atoms with Gasteiger partial charge in [-0.3, -0.25) is 0 Å². The Balaban J connectivity index is 2.07. The first-order valence-corrected chi connectivity index (χ1v) is 6.19. The first kappa shape index (κ1) is 14.1. The summed E-state index contributed by atoms with van der Waals surface area (Å²) in [6.07, 6.45) is 0. The highest BCUT2D eigenvalue weighted by molar-refractivity contribution is 5.90. The number of hydrogen-bond donors (Lipinski definition) is 1. The molecule has 0 amide bonds. The van der Waals surface area contributed by atoms with Crippen molar-refractivity contribution in [2.75, 3.05) is 12.4 Å². The van der Waals surface area contributed by atoms with Crippen molar-refractivity contribution >= 4 is 11.7 Å². The monoisotopic (exact) mass is 277 g/mol. The van der Waals surface area contributed by atoms with E-state index in [1.807, 2.05) is 0 Å². The summed E-state index contributed by atoms with van der Waals surface area (Å²) in [5.41, 5.74) is 1.78. The van der Waals surface area contributed by atoms with Gasteiger partial charge in [-0.05, 0) is 43.7 Å². The van der Waals surface area contributed by atoms with E-state index in [4.69, 9.17) is 4.42 Å². The topological polar surface area (TPSA) is 51.5 Å². The summed E-state index contributed by atoms with van der Waals surface area (Å²) in [5, 5.41) is 3.11. The van der Waals surface area contributed by atoms with Crippen LogP contribution in [0.1, 0.15) is 27.4 Å². The molecule has 4 nitrogen and oxygen atoms in total. The number of halogens is 1. The van der Waals surface area contributed by atoms with E-state index in [9.17, 15) is 9.18 Å². The van der Waals surface area contributed by atoms with E-state index < -0.39 is 5.97 Å². The number of methoxy groups -OCH3 is 1. The number of esters is 1. The molecule has 2 aromatic rings. The molecule has 2 rings (SSSR count). The Labute approximate surface area is 116 Å². The third kappa shape index (κ3) is 2.99. The van der Waals surface area contributed by atoms with Crippen LogP contribution in [0.15, 0.2) is 28.7 Å². The van der Waals surface area contributed by atoms with Gasteiger partial charge in [0.25, 0.3) is 0 Å². The van der Waals surface area contributed by atoms with E-state index in [1.54, 1.807) is 32.0 Å². The second-order valence-electron chi connectivity index (χ2n) is 4.49. The maximum Gasteiger partial charge on any atom is 0.341 e. The summed E-state index contributed by atoms with van der Waals surface area (Å²) in [6, 6.07) is 6.42. The summed E-state index contributed by atoms with van der Waals surface area (Å²) >= 11 is 0. The molecule has 1 heterocycles. The van der Waals surface area contributed by atoms with E-state index >= 15 is 0 Å². The van der Waals surface area contributed by atoms with Crippen molar-refractivity contribution in [3.63, 3.8) is 0 Å². The largest absolute Gasteiger partial charge is 0.465 e. The average Bonchev–Trinajstić information content (AvgIpc) is 2.80. The molecule has 0 fully saturated rings. The molecule has 1 aromatic heterocycles. The fourth-order valence-corrected chi connectivity index (χ4v) is 1.89. The highest BCUT2D eigenvalue weighted by Gasteiger charge is 2.15. The van der Waals surface area contributed by atoms with Gasteiger partial charge in [0.2, 0.25) is 0 Å². The molecular formula is C15H16FNO3. The molecule has 0 radical (unpaired) electrons. The van der Waals surface area contributed by atoms with E-state index in [1.165, 1.54) is 13.2 Å². The third-order valence-corrected chi connectivity index (χ3v) is 3.00. The van der Waals surface area contributed by atoms with Gasteiger partial charge in [-0.2, -0.15) is 0 Å². The summed E-state index contributed by atoms with van der Waals surface area (Å²) in [7, 11) is 1.33. The molecule has 5 heteroatoms. The lowest BCUT2D eigenvalue weighted by atomic mass is 10.2. The summed E-state index contributed by atoms with van der Waals surface area (Å²) in [6.45, 7) is 3.81. The van der Waals surface area contributed by atoms with Gasteiger partial charge in [-0.1, -0.05) is 0 Å². The summed E-state index contributed by atoms with van der Waals surface area (Å²) in [4.78, 5) is 11.5. The first-order valence-electron chi connectivity index (χ1n) is 6.19. The number of hydrogen-bond acceptors (Lipinski definition) is 4. The van der Waals surface area contributed by atoms with E-state index in [2.05, 4.69) is 10.1 Å². The predicted octanol–water partition coefficient (Wildman–Crippen LogP) is 3.43. The van der Waals surface area contributed by atoms with Crippen LogP contribution in [-0.2, 0) is 11.3 Å². The minimum Gasteiger partial charge on any atom is -0.465 e. The van der Waals surface area contributed by atoms with Gasteiger partial charge in [0.15, 0.2) is 0 Å². The fraction of sp³-hybridized carbons (Fsp3) is 0.267. The van der Waals surface area contributed by atoms with Crippen LogP contribution in [-0.4, -0.2) is 13.1 Å². The number of aryl methyl sites for hydroxylation is 2. The second-order valence-corrected chi connectivity index (χ2v) is 4.49. The van der Waals surface area contributed by atoms with Gasteiger partial charge < -0.3 is 14.5 Å². The molecule has 0 unspecified atom stereocenters. The normalized spacial score (nSPS) is 10.4. The van der Waals surface area contributed by atoms with Crippen molar-refractivity contribution in [1.29, 1.82) is 0 Å². The molecule has 0 aliphatic rings. The Bertz CT molecular complexity index is 634. The quantitative estimate of drug-likeness (QED) is 0.870. The molecule has 0 bridgehead atoms. The SMILES string of the molecule is COC(=O)c1cc(CNc2ccc(F)c(C)c2)oc1C. The van der Waals surface area contributed by atoms with Crippen molar-refractivity contribution in [3.05, 3.63) is 52.7 Å². The lowest BCUT2D eigenvalue weighted by Gasteiger charge is -2.05. The number of ether oxygens (including phenoxy) is 1. The number of benzene rings is 1. The van der Waals surface area contributed by atoms with Gasteiger partial charge in [0.05, 0.1) is 13.7 Å². The zero-order valence-corrected chi connectivity index (χ0v) is 11.6. The van der Waals surface area contributed by atoms with Crippen LogP contribution >= 0.6 is 0 Å². The van der Waals surface area contributed by atoms with Crippen molar-refractivity contribution in [1.82, 2.24) is 0 Å². The summed E-state index contributed by atoms with van der Waals surface area (Å²) < 4.78 is 23.3. The molecule has 0 saturated carbocycles.